The molecule has 0 bridgehead atoms. The van der Waals surface area contributed by atoms with Gasteiger partial charge in [0.1, 0.15) is 23.1 Å². The summed E-state index contributed by atoms with van der Waals surface area (Å²) in [4.78, 5) is 13.2. The van der Waals surface area contributed by atoms with E-state index in [0.29, 0.717) is 39.7 Å². The van der Waals surface area contributed by atoms with Crippen LogP contribution in [0.2, 0.25) is 0 Å². The predicted molar refractivity (Wildman–Crippen MR) is 217 cm³/mol. The monoisotopic (exact) mass is 920 g/mol. The number of ether oxygens (including phenoxy) is 2. The van der Waals surface area contributed by atoms with E-state index < -0.39 is 52.5 Å². The maximum Gasteiger partial charge on any atom is 0.425 e. The van der Waals surface area contributed by atoms with Crippen molar-refractivity contribution in [2.24, 2.45) is 20.5 Å². The van der Waals surface area contributed by atoms with Crippen molar-refractivity contribution >= 4 is 69.7 Å². The van der Waals surface area contributed by atoms with Crippen molar-refractivity contribution in [3.63, 3.8) is 0 Å². The lowest BCUT2D eigenvalue weighted by Crippen LogP contribution is -2.18. The Morgan fingerprint density at radius 1 is 0.623 bits per heavy atom. The van der Waals surface area contributed by atoms with Crippen LogP contribution in [0.4, 0.5) is 28.7 Å². The number of nitrogens with zero attached hydrogens (tertiary/aromatic N) is 7. The van der Waals surface area contributed by atoms with E-state index in [1.165, 1.54) is 25.3 Å². The fraction of sp³-hybridized carbons (Fsp3) is 0.229. The van der Waals surface area contributed by atoms with Gasteiger partial charge in [0, 0.05) is 42.6 Å². The minimum Gasteiger partial charge on any atom is -0.496 e. The van der Waals surface area contributed by atoms with Crippen molar-refractivity contribution in [2.75, 3.05) is 37.1 Å². The Morgan fingerprint density at radius 3 is 1.67 bits per heavy atom. The molecule has 324 valence electrons. The fourth-order valence-corrected chi connectivity index (χ4v) is 6.38. The van der Waals surface area contributed by atoms with E-state index in [1.807, 2.05) is 18.2 Å². The zero-order valence-corrected chi connectivity index (χ0v) is 35.0. The van der Waals surface area contributed by atoms with E-state index in [1.54, 1.807) is 48.5 Å². The van der Waals surface area contributed by atoms with Crippen LogP contribution in [0.3, 0.4) is 0 Å². The quantitative estimate of drug-likeness (QED) is 0.0476. The number of aromatic nitrogens is 3. The highest BCUT2D eigenvalue weighted by atomic mass is 32.2. The first-order valence-corrected chi connectivity index (χ1v) is 23.0. The van der Waals surface area contributed by atoms with E-state index in [9.17, 15) is 34.4 Å². The lowest BCUT2D eigenvalue weighted by Gasteiger charge is -2.14. The van der Waals surface area contributed by atoms with Crippen LogP contribution in [0.1, 0.15) is 29.2 Å². The molecule has 0 saturated carbocycles. The maximum atomic E-state index is 11.5. The van der Waals surface area contributed by atoms with Crippen LogP contribution < -0.4 is 14.8 Å². The minimum absolute atomic E-state index is 0.00496. The van der Waals surface area contributed by atoms with Crippen LogP contribution in [0.5, 0.6) is 11.5 Å². The van der Waals surface area contributed by atoms with E-state index >= 15 is 0 Å². The van der Waals surface area contributed by atoms with Crippen LogP contribution in [0, 0.1) is 0 Å². The molecule has 0 spiro atoms. The Balaban J connectivity index is 0.00000196. The summed E-state index contributed by atoms with van der Waals surface area (Å²) in [5.41, 5.74) is 2.75. The number of nitrogens with one attached hydrogen (secondary N) is 1. The molecule has 0 fully saturated rings. The summed E-state index contributed by atoms with van der Waals surface area (Å²) in [5.74, 6) is 0.0482. The molecule has 61 heavy (non-hydrogen) atoms. The maximum absolute atomic E-state index is 11.5. The van der Waals surface area contributed by atoms with E-state index in [2.05, 4.69) is 40.7 Å². The molecule has 0 aliphatic heterocycles. The van der Waals surface area contributed by atoms with Crippen molar-refractivity contribution in [2.45, 2.75) is 24.2 Å². The van der Waals surface area contributed by atoms with Crippen molar-refractivity contribution in [3.8, 4) is 11.5 Å². The Morgan fingerprint density at radius 2 is 1.13 bits per heavy atom. The molecule has 0 aliphatic carbocycles. The van der Waals surface area contributed by atoms with Crippen LogP contribution in [0.25, 0.3) is 0 Å². The Kier molecular flexibility index (Phi) is 17.1. The third kappa shape index (κ3) is 17.5. The Bertz CT molecular complexity index is 2830. The van der Waals surface area contributed by atoms with Gasteiger partial charge in [-0.1, -0.05) is 36.4 Å². The topological polar surface area (TPSA) is 333 Å². The van der Waals surface area contributed by atoms with Gasteiger partial charge in [-0.3, -0.25) is 13.7 Å². The molecule has 1 heterocycles. The van der Waals surface area contributed by atoms with Gasteiger partial charge in [0.2, 0.25) is 5.95 Å². The number of rotatable bonds is 19. The minimum atomic E-state index is -4.43. The number of hydrogen-bond acceptors (Lipinski definition) is 19. The van der Waals surface area contributed by atoms with Crippen molar-refractivity contribution < 1.29 is 61.0 Å². The molecule has 0 aliphatic rings. The normalized spacial score (nSPS) is 11.9. The summed E-state index contributed by atoms with van der Waals surface area (Å²) >= 11 is 0. The molecule has 5 rings (SSSR count). The summed E-state index contributed by atoms with van der Waals surface area (Å²) in [6.45, 7) is -0.287. The largest absolute Gasteiger partial charge is 0.496 e. The molecule has 0 saturated heterocycles. The molecular weight excluding hydrogens is 885 g/mol. The molecular formula is C35H36N8O14S4. The molecule has 4 aromatic carbocycles. The second-order valence-corrected chi connectivity index (χ2v) is 17.2. The lowest BCUT2D eigenvalue weighted by molar-refractivity contribution is 0.313. The molecule has 1 aromatic heterocycles. The highest BCUT2D eigenvalue weighted by molar-refractivity contribution is 7.86. The third-order valence-corrected chi connectivity index (χ3v) is 10.0. The first kappa shape index (κ1) is 47.5. The van der Waals surface area contributed by atoms with Crippen LogP contribution in [-0.4, -0.2) is 98.3 Å². The van der Waals surface area contributed by atoms with Gasteiger partial charge in [0.25, 0.3) is 30.4 Å². The van der Waals surface area contributed by atoms with Gasteiger partial charge in [0.15, 0.2) is 0 Å². The van der Waals surface area contributed by atoms with Gasteiger partial charge in [-0.25, -0.2) is 4.98 Å². The average Bonchev–Trinajstić information content (AvgIpc) is 3.18. The van der Waals surface area contributed by atoms with Crippen LogP contribution in [-0.2, 0) is 53.8 Å². The average molecular weight is 921 g/mol. The fourth-order valence-electron chi connectivity index (χ4n) is 5.02. The Hall–Kier alpha value is -6.16. The summed E-state index contributed by atoms with van der Waals surface area (Å²) < 4.78 is 133. The molecule has 0 radical (unpaired) electrons. The van der Waals surface area contributed by atoms with Gasteiger partial charge >= 0.3 is 10.6 Å². The highest BCUT2D eigenvalue weighted by Crippen LogP contribution is 2.31. The van der Waals surface area contributed by atoms with Crippen molar-refractivity contribution in [3.05, 3.63) is 114 Å². The summed E-state index contributed by atoms with van der Waals surface area (Å²) in [6.07, 6.45) is 0.147. The smallest absolute Gasteiger partial charge is 0.425 e. The second kappa shape index (κ2) is 21.9. The van der Waals surface area contributed by atoms with Gasteiger partial charge in [0.05, 0.1) is 52.9 Å². The number of azo groups is 2. The third-order valence-electron chi connectivity index (χ3n) is 7.63. The lowest BCUT2D eigenvalue weighted by atomic mass is 10.1. The number of anilines is 1. The molecule has 26 heteroatoms. The highest BCUT2D eigenvalue weighted by Gasteiger charge is 2.16. The zero-order valence-electron chi connectivity index (χ0n) is 31.7. The molecule has 0 unspecified atom stereocenters. The van der Waals surface area contributed by atoms with Gasteiger partial charge in [-0.15, -0.1) is 12.6 Å². The van der Waals surface area contributed by atoms with Crippen LogP contribution in [0.15, 0.2) is 116 Å². The number of benzene rings is 4. The molecule has 5 aromatic rings. The predicted octanol–water partition coefficient (Wildman–Crippen LogP) is 5.09. The van der Waals surface area contributed by atoms with E-state index in [0.717, 1.165) is 6.07 Å². The zero-order chi connectivity index (χ0) is 44.6. The van der Waals surface area contributed by atoms with Gasteiger partial charge < -0.3 is 14.8 Å². The summed E-state index contributed by atoms with van der Waals surface area (Å²) in [6, 6.07) is 24.2. The van der Waals surface area contributed by atoms with E-state index in [4.69, 9.17) is 26.7 Å². The second-order valence-electron chi connectivity index (χ2n) is 12.2. The van der Waals surface area contributed by atoms with Gasteiger partial charge in [-0.2, -0.15) is 55.7 Å². The Labute approximate surface area is 351 Å². The SMILES string of the molecule is COc1cc(N=Nc2cccc(S(=O)(=O)O)c2)ccc1Cc1nc(Cc2ccc(N=Nc3ccccc3)cc2OCCCS(=O)(=O)O)nc(NCCS(=O)(=O)O)n1.O=S(=O)=O. The van der Waals surface area contributed by atoms with E-state index in [-0.39, 0.29) is 60.6 Å². The van der Waals surface area contributed by atoms with Crippen molar-refractivity contribution in [1.82, 2.24) is 15.0 Å². The first-order chi connectivity index (χ1) is 28.8. The number of hydrogen-bond donors (Lipinski definition) is 4. The van der Waals surface area contributed by atoms with Crippen molar-refractivity contribution in [1.29, 1.82) is 0 Å². The first-order valence-electron chi connectivity index (χ1n) is 17.3. The van der Waals surface area contributed by atoms with Crippen LogP contribution >= 0.6 is 0 Å². The molecule has 22 nitrogen and oxygen atoms in total. The number of methoxy groups -OCH3 is 1. The summed E-state index contributed by atoms with van der Waals surface area (Å²) in [7, 11) is -14.6. The summed E-state index contributed by atoms with van der Waals surface area (Å²) in [5, 5.41) is 19.5. The van der Waals surface area contributed by atoms with Gasteiger partial charge in [-0.05, 0) is 48.9 Å². The molecule has 0 amide bonds. The molecule has 4 N–H and O–H groups in total. The standard InChI is InChI=1S/C35H36N8O11S3.O3S/c1-53-31-22-28(43-41-27-9-5-10-30(21-27)57(50,51)52)13-11-24(31)19-33-37-34(39-35(38-33)36-15-18-56(47,48)49)20-25-12-14-29(42-40-26-7-3-2-4-8-26)23-32(25)54-16-6-17-55(44,45)46;1-4(2)3/h2-5,7-14,21-23H,6,15-20H2,1H3,(H,44,45,46)(H,47,48,49)(H,50,51,52)(H,36,37,38,39);. The molecule has 0 atom stereocenters.